The molecule has 0 aliphatic heterocycles. The minimum atomic E-state index is -0.903. The molecular formula is C12H6BrNO2S3. The van der Waals surface area contributed by atoms with Crippen LogP contribution in [0.3, 0.4) is 0 Å². The molecule has 0 aliphatic rings. The monoisotopic (exact) mass is 371 g/mol. The third kappa shape index (κ3) is 2.64. The molecule has 0 aliphatic carbocycles. The van der Waals surface area contributed by atoms with Crippen LogP contribution in [0.4, 0.5) is 0 Å². The molecule has 3 nitrogen and oxygen atoms in total. The molecule has 0 bridgehead atoms. The van der Waals surface area contributed by atoms with E-state index >= 15 is 0 Å². The number of hydrogen-bond donors (Lipinski definition) is 1. The Labute approximate surface area is 129 Å². The number of nitrogens with zero attached hydrogens (tertiary/aromatic N) is 1. The van der Waals surface area contributed by atoms with Crippen molar-refractivity contribution < 1.29 is 9.90 Å². The van der Waals surface area contributed by atoms with Crippen LogP contribution in [0.2, 0.25) is 0 Å². The Bertz CT molecular complexity index is 744. The van der Waals surface area contributed by atoms with Crippen molar-refractivity contribution in [2.24, 2.45) is 0 Å². The number of rotatable bonds is 3. The van der Waals surface area contributed by atoms with Crippen LogP contribution < -0.4 is 0 Å². The molecule has 3 heterocycles. The van der Waals surface area contributed by atoms with Gasteiger partial charge in [-0.25, -0.2) is 9.78 Å². The van der Waals surface area contributed by atoms with Crippen molar-refractivity contribution in [2.75, 3.05) is 0 Å². The summed E-state index contributed by atoms with van der Waals surface area (Å²) in [6.45, 7) is 0. The molecule has 3 aromatic heterocycles. The SMILES string of the molecule is O=C(O)c1csc(-c2csc(-c3cc(Br)cs3)n2)c1. The number of aromatic nitrogens is 1. The molecule has 0 fully saturated rings. The number of halogens is 1. The summed E-state index contributed by atoms with van der Waals surface area (Å²) in [5.74, 6) is -0.903. The fourth-order valence-corrected chi connectivity index (χ4v) is 4.75. The largest absolute Gasteiger partial charge is 0.478 e. The second kappa shape index (κ2) is 5.16. The maximum absolute atomic E-state index is 10.9. The first-order chi connectivity index (χ1) is 9.13. The lowest BCUT2D eigenvalue weighted by Crippen LogP contribution is -1.91. The van der Waals surface area contributed by atoms with E-state index in [4.69, 9.17) is 5.11 Å². The maximum Gasteiger partial charge on any atom is 0.336 e. The summed E-state index contributed by atoms with van der Waals surface area (Å²) in [7, 11) is 0. The van der Waals surface area contributed by atoms with Crippen molar-refractivity contribution in [2.45, 2.75) is 0 Å². The average molecular weight is 372 g/mol. The fourth-order valence-electron chi connectivity index (χ4n) is 1.51. The highest BCUT2D eigenvalue weighted by atomic mass is 79.9. The first-order valence-electron chi connectivity index (χ1n) is 5.15. The van der Waals surface area contributed by atoms with Gasteiger partial charge in [-0.3, -0.25) is 0 Å². The number of carboxylic acid groups (broad SMARTS) is 1. The van der Waals surface area contributed by atoms with Crippen molar-refractivity contribution in [3.8, 4) is 20.5 Å². The predicted octanol–water partition coefficient (Wildman–Crippen LogP) is 5.06. The normalized spacial score (nSPS) is 10.8. The molecule has 3 aromatic rings. The van der Waals surface area contributed by atoms with Crippen molar-refractivity contribution in [1.82, 2.24) is 4.98 Å². The summed E-state index contributed by atoms with van der Waals surface area (Å²) in [5, 5.41) is 15.5. The van der Waals surface area contributed by atoms with E-state index in [1.807, 2.05) is 16.8 Å². The molecule has 0 aromatic carbocycles. The lowest BCUT2D eigenvalue weighted by atomic mass is 10.3. The van der Waals surface area contributed by atoms with E-state index in [0.717, 1.165) is 24.9 Å². The molecule has 96 valence electrons. The highest BCUT2D eigenvalue weighted by Crippen LogP contribution is 2.35. The van der Waals surface area contributed by atoms with Crippen LogP contribution in [0, 0.1) is 0 Å². The van der Waals surface area contributed by atoms with Gasteiger partial charge in [-0.1, -0.05) is 0 Å². The first kappa shape index (κ1) is 13.0. The van der Waals surface area contributed by atoms with Gasteiger partial charge in [0, 0.05) is 20.6 Å². The Kier molecular flexibility index (Phi) is 3.53. The number of thiazole rings is 1. The second-order valence-electron chi connectivity index (χ2n) is 3.67. The second-order valence-corrected chi connectivity index (χ2v) is 7.27. The number of carboxylic acids is 1. The van der Waals surface area contributed by atoms with E-state index in [0.29, 0.717) is 5.56 Å². The molecule has 3 rings (SSSR count). The van der Waals surface area contributed by atoms with E-state index in [9.17, 15) is 4.79 Å². The minimum Gasteiger partial charge on any atom is -0.478 e. The topological polar surface area (TPSA) is 50.2 Å². The Hall–Kier alpha value is -1.02. The van der Waals surface area contributed by atoms with Crippen molar-refractivity contribution in [1.29, 1.82) is 0 Å². The Morgan fingerprint density at radius 2 is 1.89 bits per heavy atom. The van der Waals surface area contributed by atoms with Crippen LogP contribution in [0.15, 0.2) is 32.7 Å². The van der Waals surface area contributed by atoms with Crippen LogP contribution >= 0.6 is 49.9 Å². The van der Waals surface area contributed by atoms with Gasteiger partial charge < -0.3 is 5.11 Å². The predicted molar refractivity (Wildman–Crippen MR) is 83.4 cm³/mol. The van der Waals surface area contributed by atoms with Gasteiger partial charge >= 0.3 is 5.97 Å². The van der Waals surface area contributed by atoms with Gasteiger partial charge in [0.2, 0.25) is 0 Å². The Balaban J connectivity index is 1.94. The summed E-state index contributed by atoms with van der Waals surface area (Å²) in [4.78, 5) is 17.4. The van der Waals surface area contributed by atoms with E-state index in [1.165, 1.54) is 11.3 Å². The lowest BCUT2D eigenvalue weighted by molar-refractivity contribution is 0.0697. The molecule has 0 atom stereocenters. The lowest BCUT2D eigenvalue weighted by Gasteiger charge is -1.89. The van der Waals surface area contributed by atoms with Gasteiger partial charge in [0.25, 0.3) is 0 Å². The van der Waals surface area contributed by atoms with Crippen LogP contribution in [0.5, 0.6) is 0 Å². The standard InChI is InChI=1S/C12H6BrNO2S3/c13-7-2-10(18-4-7)11-14-8(5-19-11)9-1-6(3-17-9)12(15)16/h1-5H,(H,15,16). The van der Waals surface area contributed by atoms with Gasteiger partial charge in [-0.15, -0.1) is 34.0 Å². The molecule has 0 amide bonds. The van der Waals surface area contributed by atoms with E-state index in [-0.39, 0.29) is 0 Å². The Morgan fingerprint density at radius 3 is 2.53 bits per heavy atom. The van der Waals surface area contributed by atoms with Crippen LogP contribution in [-0.2, 0) is 0 Å². The molecule has 1 N–H and O–H groups in total. The van der Waals surface area contributed by atoms with Crippen LogP contribution in [0.1, 0.15) is 10.4 Å². The quantitative estimate of drug-likeness (QED) is 0.699. The number of aromatic carboxylic acids is 1. The number of carbonyl (C=O) groups is 1. The number of thiophene rings is 2. The first-order valence-corrected chi connectivity index (χ1v) is 8.59. The highest BCUT2D eigenvalue weighted by molar-refractivity contribution is 9.10. The Morgan fingerprint density at radius 1 is 1.11 bits per heavy atom. The summed E-state index contributed by atoms with van der Waals surface area (Å²) in [5.41, 5.74) is 1.15. The zero-order valence-electron chi connectivity index (χ0n) is 9.29. The molecule has 0 unspecified atom stereocenters. The van der Waals surface area contributed by atoms with Gasteiger partial charge in [-0.2, -0.15) is 0 Å². The molecule has 19 heavy (non-hydrogen) atoms. The summed E-state index contributed by atoms with van der Waals surface area (Å²) in [6.07, 6.45) is 0. The third-order valence-electron chi connectivity index (χ3n) is 2.38. The van der Waals surface area contributed by atoms with Crippen LogP contribution in [-0.4, -0.2) is 16.1 Å². The maximum atomic E-state index is 10.9. The average Bonchev–Trinajstić information content (AvgIpc) is 3.07. The fraction of sp³-hybridized carbons (Fsp3) is 0. The highest BCUT2D eigenvalue weighted by Gasteiger charge is 2.12. The van der Waals surface area contributed by atoms with E-state index < -0.39 is 5.97 Å². The molecule has 0 saturated carbocycles. The molecular weight excluding hydrogens is 366 g/mol. The zero-order valence-corrected chi connectivity index (χ0v) is 13.3. The smallest absolute Gasteiger partial charge is 0.336 e. The molecule has 0 spiro atoms. The van der Waals surface area contributed by atoms with Gasteiger partial charge in [0.15, 0.2) is 0 Å². The summed E-state index contributed by atoms with van der Waals surface area (Å²) < 4.78 is 1.05. The van der Waals surface area contributed by atoms with Crippen molar-refractivity contribution in [3.63, 3.8) is 0 Å². The molecule has 0 saturated heterocycles. The van der Waals surface area contributed by atoms with Crippen molar-refractivity contribution in [3.05, 3.63) is 38.3 Å². The van der Waals surface area contributed by atoms with Gasteiger partial charge in [-0.05, 0) is 28.1 Å². The summed E-state index contributed by atoms with van der Waals surface area (Å²) in [6, 6.07) is 3.69. The number of hydrogen-bond acceptors (Lipinski definition) is 5. The van der Waals surface area contributed by atoms with Crippen molar-refractivity contribution >= 4 is 55.9 Å². The van der Waals surface area contributed by atoms with E-state index in [1.54, 1.807) is 34.1 Å². The summed E-state index contributed by atoms with van der Waals surface area (Å²) >= 11 is 8.02. The minimum absolute atomic E-state index is 0.313. The van der Waals surface area contributed by atoms with Gasteiger partial charge in [0.05, 0.1) is 21.0 Å². The van der Waals surface area contributed by atoms with Gasteiger partial charge in [0.1, 0.15) is 5.01 Å². The zero-order chi connectivity index (χ0) is 13.4. The molecule has 0 radical (unpaired) electrons. The molecule has 7 heteroatoms. The third-order valence-corrected chi connectivity index (χ3v) is 6.04. The van der Waals surface area contributed by atoms with Crippen LogP contribution in [0.25, 0.3) is 20.5 Å². The van der Waals surface area contributed by atoms with E-state index in [2.05, 4.69) is 20.9 Å².